The summed E-state index contributed by atoms with van der Waals surface area (Å²) in [6.45, 7) is 1.42. The topological polar surface area (TPSA) is 47.6 Å². The summed E-state index contributed by atoms with van der Waals surface area (Å²) in [7, 11) is 1.43. The van der Waals surface area contributed by atoms with Crippen molar-refractivity contribution in [3.63, 3.8) is 0 Å². The average Bonchev–Trinajstić information content (AvgIpc) is 2.71. The third-order valence-electron chi connectivity index (χ3n) is 3.45. The number of benzene rings is 1. The Morgan fingerprint density at radius 1 is 1.26 bits per heavy atom. The van der Waals surface area contributed by atoms with E-state index >= 15 is 0 Å². The molecule has 1 heterocycles. The molecule has 0 bridgehead atoms. The number of rotatable bonds is 4. The highest BCUT2D eigenvalue weighted by Gasteiger charge is 2.24. The Morgan fingerprint density at radius 2 is 2.05 bits per heavy atom. The number of nitrogens with one attached hydrogen (secondary N) is 1. The van der Waals surface area contributed by atoms with Gasteiger partial charge in [0, 0.05) is 0 Å². The van der Waals surface area contributed by atoms with Gasteiger partial charge in [0.2, 0.25) is 0 Å². The summed E-state index contributed by atoms with van der Waals surface area (Å²) in [5.74, 6) is -0.177. The lowest BCUT2D eigenvalue weighted by Crippen LogP contribution is -2.36. The van der Waals surface area contributed by atoms with Crippen molar-refractivity contribution in [1.82, 2.24) is 5.32 Å². The summed E-state index contributed by atoms with van der Waals surface area (Å²) in [4.78, 5) is 11.5. The van der Waals surface area contributed by atoms with Crippen LogP contribution in [0.25, 0.3) is 0 Å². The van der Waals surface area contributed by atoms with Crippen molar-refractivity contribution in [2.75, 3.05) is 13.7 Å². The molecule has 1 aromatic carbocycles. The number of methoxy groups -OCH3 is 1. The molecule has 1 fully saturated rings. The minimum Gasteiger partial charge on any atom is -0.468 e. The SMILES string of the molecule is COC(=O)[C@H]1CCC(OCc2ccccc2)CCN1. The summed E-state index contributed by atoms with van der Waals surface area (Å²) >= 11 is 0. The molecule has 0 saturated carbocycles. The Bertz CT molecular complexity index is 394. The summed E-state index contributed by atoms with van der Waals surface area (Å²) in [6.07, 6.45) is 2.80. The molecule has 1 saturated heterocycles. The predicted octanol–water partition coefficient (Wildman–Crippen LogP) is 1.89. The molecule has 1 N–H and O–H groups in total. The molecule has 1 aliphatic rings. The Labute approximate surface area is 114 Å². The first-order valence-corrected chi connectivity index (χ1v) is 6.76. The van der Waals surface area contributed by atoms with E-state index in [0.29, 0.717) is 6.61 Å². The molecule has 4 heteroatoms. The lowest BCUT2D eigenvalue weighted by atomic mass is 10.1. The number of carbonyl (C=O) groups is 1. The minimum absolute atomic E-state index is 0.177. The summed E-state index contributed by atoms with van der Waals surface area (Å²) in [6, 6.07) is 9.97. The highest BCUT2D eigenvalue weighted by atomic mass is 16.5. The molecule has 0 spiro atoms. The highest BCUT2D eigenvalue weighted by Crippen LogP contribution is 2.15. The van der Waals surface area contributed by atoms with Crippen molar-refractivity contribution in [2.24, 2.45) is 0 Å². The Morgan fingerprint density at radius 3 is 2.79 bits per heavy atom. The Hall–Kier alpha value is -1.39. The fourth-order valence-corrected chi connectivity index (χ4v) is 2.32. The maximum absolute atomic E-state index is 11.5. The van der Waals surface area contributed by atoms with Crippen LogP contribution in [0.4, 0.5) is 0 Å². The zero-order valence-electron chi connectivity index (χ0n) is 11.3. The zero-order valence-corrected chi connectivity index (χ0v) is 11.3. The molecule has 0 aliphatic carbocycles. The molecule has 0 amide bonds. The lowest BCUT2D eigenvalue weighted by Gasteiger charge is -2.15. The van der Waals surface area contributed by atoms with Crippen LogP contribution in [0.1, 0.15) is 24.8 Å². The van der Waals surface area contributed by atoms with Gasteiger partial charge in [0.25, 0.3) is 0 Å². The maximum atomic E-state index is 11.5. The fraction of sp³-hybridized carbons (Fsp3) is 0.533. The van der Waals surface area contributed by atoms with E-state index in [2.05, 4.69) is 17.4 Å². The fourth-order valence-electron chi connectivity index (χ4n) is 2.32. The van der Waals surface area contributed by atoms with Gasteiger partial charge in [0.15, 0.2) is 0 Å². The second kappa shape index (κ2) is 7.26. The van der Waals surface area contributed by atoms with Crippen LogP contribution in [0.3, 0.4) is 0 Å². The third kappa shape index (κ3) is 4.33. The Balaban J connectivity index is 1.78. The number of carbonyl (C=O) groups excluding carboxylic acids is 1. The van der Waals surface area contributed by atoms with Crippen LogP contribution < -0.4 is 5.32 Å². The van der Waals surface area contributed by atoms with Crippen molar-refractivity contribution >= 4 is 5.97 Å². The number of esters is 1. The average molecular weight is 263 g/mol. The van der Waals surface area contributed by atoms with Gasteiger partial charge in [-0.1, -0.05) is 30.3 Å². The second-order valence-corrected chi connectivity index (χ2v) is 4.81. The predicted molar refractivity (Wildman–Crippen MR) is 72.7 cm³/mol. The smallest absolute Gasteiger partial charge is 0.322 e. The van der Waals surface area contributed by atoms with Crippen LogP contribution in [0, 0.1) is 0 Å². The van der Waals surface area contributed by atoms with Gasteiger partial charge in [-0.25, -0.2) is 0 Å². The van der Waals surface area contributed by atoms with Crippen molar-refractivity contribution in [3.05, 3.63) is 35.9 Å². The summed E-state index contributed by atoms with van der Waals surface area (Å²) < 4.78 is 10.7. The number of hydrogen-bond acceptors (Lipinski definition) is 4. The van der Waals surface area contributed by atoms with Gasteiger partial charge in [0.05, 0.1) is 19.8 Å². The molecule has 1 aliphatic heterocycles. The first-order chi connectivity index (χ1) is 9.29. The zero-order chi connectivity index (χ0) is 13.5. The summed E-state index contributed by atoms with van der Waals surface area (Å²) in [5, 5.41) is 3.21. The molecular weight excluding hydrogens is 242 g/mol. The molecule has 2 rings (SSSR count). The summed E-state index contributed by atoms with van der Waals surface area (Å²) in [5.41, 5.74) is 1.18. The van der Waals surface area contributed by atoms with Crippen LogP contribution in [0.5, 0.6) is 0 Å². The molecule has 1 unspecified atom stereocenters. The van der Waals surface area contributed by atoms with Gasteiger partial charge < -0.3 is 14.8 Å². The third-order valence-corrected chi connectivity index (χ3v) is 3.45. The van der Waals surface area contributed by atoms with Crippen LogP contribution >= 0.6 is 0 Å². The van der Waals surface area contributed by atoms with E-state index in [1.807, 2.05) is 18.2 Å². The molecule has 0 radical (unpaired) electrons. The van der Waals surface area contributed by atoms with E-state index < -0.39 is 0 Å². The minimum atomic E-state index is -0.185. The van der Waals surface area contributed by atoms with Crippen molar-refractivity contribution < 1.29 is 14.3 Å². The molecule has 104 valence electrons. The van der Waals surface area contributed by atoms with Crippen LogP contribution in [0.15, 0.2) is 30.3 Å². The van der Waals surface area contributed by atoms with Gasteiger partial charge in [-0.3, -0.25) is 4.79 Å². The van der Waals surface area contributed by atoms with Gasteiger partial charge in [-0.15, -0.1) is 0 Å². The molecule has 0 aromatic heterocycles. The second-order valence-electron chi connectivity index (χ2n) is 4.81. The van der Waals surface area contributed by atoms with Gasteiger partial charge in [-0.05, 0) is 31.4 Å². The first kappa shape index (κ1) is 14.0. The monoisotopic (exact) mass is 263 g/mol. The molecule has 4 nitrogen and oxygen atoms in total. The molecule has 19 heavy (non-hydrogen) atoms. The van der Waals surface area contributed by atoms with Crippen molar-refractivity contribution in [1.29, 1.82) is 0 Å². The van der Waals surface area contributed by atoms with Gasteiger partial charge >= 0.3 is 5.97 Å². The van der Waals surface area contributed by atoms with E-state index in [9.17, 15) is 4.79 Å². The largest absolute Gasteiger partial charge is 0.468 e. The van der Waals surface area contributed by atoms with E-state index in [4.69, 9.17) is 9.47 Å². The van der Waals surface area contributed by atoms with Gasteiger partial charge in [0.1, 0.15) is 6.04 Å². The maximum Gasteiger partial charge on any atom is 0.322 e. The van der Waals surface area contributed by atoms with E-state index in [1.165, 1.54) is 12.7 Å². The van der Waals surface area contributed by atoms with E-state index in [-0.39, 0.29) is 18.1 Å². The molecule has 1 aromatic rings. The molecular formula is C15H21NO3. The Kier molecular flexibility index (Phi) is 5.36. The molecule has 2 atom stereocenters. The van der Waals surface area contributed by atoms with E-state index in [1.54, 1.807) is 0 Å². The van der Waals surface area contributed by atoms with Crippen LogP contribution in [0.2, 0.25) is 0 Å². The quantitative estimate of drug-likeness (QED) is 0.843. The van der Waals surface area contributed by atoms with Crippen molar-refractivity contribution in [2.45, 2.75) is 38.0 Å². The van der Waals surface area contributed by atoms with Crippen LogP contribution in [-0.2, 0) is 20.9 Å². The van der Waals surface area contributed by atoms with Crippen molar-refractivity contribution in [3.8, 4) is 0 Å². The van der Waals surface area contributed by atoms with Gasteiger partial charge in [-0.2, -0.15) is 0 Å². The lowest BCUT2D eigenvalue weighted by molar-refractivity contribution is -0.143. The van der Waals surface area contributed by atoms with E-state index in [0.717, 1.165) is 25.8 Å². The number of ether oxygens (including phenoxy) is 2. The standard InChI is InChI=1S/C15H21NO3/c1-18-15(17)14-8-7-13(9-10-16-14)19-11-12-5-3-2-4-6-12/h2-6,13-14,16H,7-11H2,1H3/t13?,14-/m1/s1. The number of hydrogen-bond donors (Lipinski definition) is 1. The van der Waals surface area contributed by atoms with Crippen LogP contribution in [-0.4, -0.2) is 31.8 Å². The highest BCUT2D eigenvalue weighted by molar-refractivity contribution is 5.75. The first-order valence-electron chi connectivity index (χ1n) is 6.76. The normalized spacial score (nSPS) is 23.6.